The van der Waals surface area contributed by atoms with Crippen LogP contribution >= 0.6 is 11.6 Å². The molecule has 2 heterocycles. The predicted octanol–water partition coefficient (Wildman–Crippen LogP) is 1.84. The van der Waals surface area contributed by atoms with E-state index in [0.717, 1.165) is 35.8 Å². The zero-order valence-electron chi connectivity index (χ0n) is 10.6. The Labute approximate surface area is 117 Å². The van der Waals surface area contributed by atoms with Gasteiger partial charge < -0.3 is 10.4 Å². The van der Waals surface area contributed by atoms with Crippen LogP contribution in [-0.4, -0.2) is 28.0 Å². The maximum Gasteiger partial charge on any atom is 0.0971 e. The van der Waals surface area contributed by atoms with E-state index < -0.39 is 0 Å². The number of hydrogen-bond acceptors (Lipinski definition) is 3. The van der Waals surface area contributed by atoms with Crippen molar-refractivity contribution in [1.82, 2.24) is 15.1 Å². The van der Waals surface area contributed by atoms with E-state index in [1.54, 1.807) is 0 Å². The van der Waals surface area contributed by atoms with Crippen LogP contribution in [0.5, 0.6) is 0 Å². The van der Waals surface area contributed by atoms with Crippen LogP contribution in [-0.2, 0) is 19.5 Å². The lowest BCUT2D eigenvalue weighted by Gasteiger charge is -2.15. The minimum absolute atomic E-state index is 0.113. The van der Waals surface area contributed by atoms with E-state index in [1.165, 1.54) is 11.3 Å². The van der Waals surface area contributed by atoms with Crippen molar-refractivity contribution in [1.29, 1.82) is 0 Å². The first kappa shape index (κ1) is 12.7. The number of nitrogens with one attached hydrogen (secondary N) is 1. The Morgan fingerprint density at radius 1 is 1.32 bits per heavy atom. The Bertz CT molecular complexity index is 577. The van der Waals surface area contributed by atoms with Gasteiger partial charge in [-0.1, -0.05) is 23.7 Å². The van der Waals surface area contributed by atoms with E-state index in [4.69, 9.17) is 16.7 Å². The van der Waals surface area contributed by atoms with Gasteiger partial charge >= 0.3 is 0 Å². The molecule has 0 saturated carbocycles. The minimum atomic E-state index is 0.113. The largest absolute Gasteiger partial charge is 0.394 e. The van der Waals surface area contributed by atoms with Gasteiger partial charge in [0.2, 0.25) is 0 Å². The van der Waals surface area contributed by atoms with Crippen molar-refractivity contribution in [3.05, 3.63) is 40.5 Å². The van der Waals surface area contributed by atoms with Crippen molar-refractivity contribution in [3.8, 4) is 11.3 Å². The standard InChI is InChI=1S/C14H16ClN3O/c15-11-3-1-10(2-4-11)14-12-9-16-6-5-13(12)18(17-14)7-8-19/h1-4,16,19H,5-9H2. The quantitative estimate of drug-likeness (QED) is 0.900. The fraction of sp³-hybridized carbons (Fsp3) is 0.357. The van der Waals surface area contributed by atoms with Crippen LogP contribution in [0, 0.1) is 0 Å². The van der Waals surface area contributed by atoms with Crippen molar-refractivity contribution < 1.29 is 5.11 Å². The summed E-state index contributed by atoms with van der Waals surface area (Å²) in [5.74, 6) is 0. The van der Waals surface area contributed by atoms with Gasteiger partial charge in [-0.25, -0.2) is 0 Å². The smallest absolute Gasteiger partial charge is 0.0971 e. The maximum atomic E-state index is 9.14. The molecular formula is C14H16ClN3O. The van der Waals surface area contributed by atoms with Crippen molar-refractivity contribution in [3.63, 3.8) is 0 Å². The number of halogens is 1. The second-order valence-electron chi connectivity index (χ2n) is 4.65. The molecule has 0 bridgehead atoms. The maximum absolute atomic E-state index is 9.14. The molecule has 2 N–H and O–H groups in total. The molecule has 4 nitrogen and oxygen atoms in total. The van der Waals surface area contributed by atoms with Gasteiger partial charge in [0.25, 0.3) is 0 Å². The lowest BCUT2D eigenvalue weighted by atomic mass is 10.0. The molecule has 19 heavy (non-hydrogen) atoms. The molecule has 1 aliphatic rings. The van der Waals surface area contributed by atoms with Gasteiger partial charge in [-0.2, -0.15) is 5.10 Å². The molecule has 5 heteroatoms. The zero-order valence-corrected chi connectivity index (χ0v) is 11.3. The van der Waals surface area contributed by atoms with Gasteiger partial charge in [0.1, 0.15) is 0 Å². The molecule has 2 aromatic rings. The lowest BCUT2D eigenvalue weighted by molar-refractivity contribution is 0.267. The topological polar surface area (TPSA) is 50.1 Å². The molecule has 0 radical (unpaired) electrons. The highest BCUT2D eigenvalue weighted by Gasteiger charge is 2.21. The summed E-state index contributed by atoms with van der Waals surface area (Å²) in [6.07, 6.45) is 0.954. The third-order valence-electron chi connectivity index (χ3n) is 3.44. The number of aromatic nitrogens is 2. The Balaban J connectivity index is 2.07. The summed E-state index contributed by atoms with van der Waals surface area (Å²) < 4.78 is 1.93. The van der Waals surface area contributed by atoms with Crippen molar-refractivity contribution >= 4 is 11.6 Å². The summed E-state index contributed by atoms with van der Waals surface area (Å²) in [5.41, 5.74) is 4.54. The van der Waals surface area contributed by atoms with Gasteiger partial charge in [0, 0.05) is 41.4 Å². The Morgan fingerprint density at radius 2 is 2.11 bits per heavy atom. The number of aliphatic hydroxyl groups is 1. The van der Waals surface area contributed by atoms with E-state index in [9.17, 15) is 0 Å². The van der Waals surface area contributed by atoms with Crippen LogP contribution in [0.2, 0.25) is 5.02 Å². The predicted molar refractivity (Wildman–Crippen MR) is 75.2 cm³/mol. The van der Waals surface area contributed by atoms with Crippen molar-refractivity contribution in [2.24, 2.45) is 0 Å². The first-order valence-corrected chi connectivity index (χ1v) is 6.83. The van der Waals surface area contributed by atoms with Gasteiger partial charge in [0.15, 0.2) is 0 Å². The average molecular weight is 278 g/mol. The fourth-order valence-corrected chi connectivity index (χ4v) is 2.67. The molecule has 0 saturated heterocycles. The third kappa shape index (κ3) is 2.39. The number of benzene rings is 1. The number of hydrogen-bond donors (Lipinski definition) is 2. The molecule has 3 rings (SSSR count). The first-order valence-electron chi connectivity index (χ1n) is 6.45. The Kier molecular flexibility index (Phi) is 3.55. The zero-order chi connectivity index (χ0) is 13.2. The second-order valence-corrected chi connectivity index (χ2v) is 5.09. The molecule has 0 amide bonds. The molecule has 0 aliphatic carbocycles. The van der Waals surface area contributed by atoms with Gasteiger partial charge in [-0.05, 0) is 12.1 Å². The summed E-state index contributed by atoms with van der Waals surface area (Å²) in [6, 6.07) is 7.74. The molecule has 1 aromatic carbocycles. The Hall–Kier alpha value is -1.36. The summed E-state index contributed by atoms with van der Waals surface area (Å²) in [5, 5.41) is 17.9. The number of aliphatic hydroxyl groups excluding tert-OH is 1. The van der Waals surface area contributed by atoms with Crippen molar-refractivity contribution in [2.75, 3.05) is 13.2 Å². The van der Waals surface area contributed by atoms with E-state index in [1.807, 2.05) is 28.9 Å². The van der Waals surface area contributed by atoms with Crippen LogP contribution < -0.4 is 5.32 Å². The van der Waals surface area contributed by atoms with Gasteiger partial charge in [-0.3, -0.25) is 4.68 Å². The Morgan fingerprint density at radius 3 is 2.84 bits per heavy atom. The van der Waals surface area contributed by atoms with Gasteiger partial charge in [0.05, 0.1) is 18.8 Å². The molecule has 0 fully saturated rings. The molecule has 0 atom stereocenters. The van der Waals surface area contributed by atoms with Crippen LogP contribution in [0.1, 0.15) is 11.3 Å². The second kappa shape index (κ2) is 5.33. The van der Waals surface area contributed by atoms with E-state index in [2.05, 4.69) is 10.4 Å². The first-order chi connectivity index (χ1) is 9.29. The minimum Gasteiger partial charge on any atom is -0.394 e. The summed E-state index contributed by atoms with van der Waals surface area (Å²) in [7, 11) is 0. The van der Waals surface area contributed by atoms with Crippen LogP contribution in [0.3, 0.4) is 0 Å². The van der Waals surface area contributed by atoms with E-state index in [0.29, 0.717) is 6.54 Å². The molecular weight excluding hydrogens is 262 g/mol. The molecule has 0 unspecified atom stereocenters. The average Bonchev–Trinajstić information content (AvgIpc) is 2.80. The highest BCUT2D eigenvalue weighted by atomic mass is 35.5. The number of rotatable bonds is 3. The molecule has 100 valence electrons. The summed E-state index contributed by atoms with van der Waals surface area (Å²) in [6.45, 7) is 2.46. The van der Waals surface area contributed by atoms with Crippen LogP contribution in [0.4, 0.5) is 0 Å². The van der Waals surface area contributed by atoms with Crippen LogP contribution in [0.15, 0.2) is 24.3 Å². The van der Waals surface area contributed by atoms with Crippen molar-refractivity contribution in [2.45, 2.75) is 19.5 Å². The number of nitrogens with zero attached hydrogens (tertiary/aromatic N) is 2. The summed E-state index contributed by atoms with van der Waals surface area (Å²) in [4.78, 5) is 0. The highest BCUT2D eigenvalue weighted by Crippen LogP contribution is 2.28. The van der Waals surface area contributed by atoms with Crippen LogP contribution in [0.25, 0.3) is 11.3 Å². The molecule has 1 aliphatic heterocycles. The normalized spacial score (nSPS) is 14.4. The van der Waals surface area contributed by atoms with E-state index in [-0.39, 0.29) is 6.61 Å². The molecule has 0 spiro atoms. The third-order valence-corrected chi connectivity index (χ3v) is 3.69. The SMILES string of the molecule is OCCn1nc(-c2ccc(Cl)cc2)c2c1CCNC2. The highest BCUT2D eigenvalue weighted by molar-refractivity contribution is 6.30. The van der Waals surface area contributed by atoms with E-state index >= 15 is 0 Å². The number of fused-ring (bicyclic) bond motifs is 1. The monoisotopic (exact) mass is 277 g/mol. The lowest BCUT2D eigenvalue weighted by Crippen LogP contribution is -2.25. The summed E-state index contributed by atoms with van der Waals surface area (Å²) >= 11 is 5.93. The fourth-order valence-electron chi connectivity index (χ4n) is 2.54. The van der Waals surface area contributed by atoms with Gasteiger partial charge in [-0.15, -0.1) is 0 Å². The molecule has 1 aromatic heterocycles.